The van der Waals surface area contributed by atoms with Crippen molar-refractivity contribution in [3.63, 3.8) is 0 Å². The zero-order valence-corrected chi connectivity index (χ0v) is 35.8. The average molecular weight is 881 g/mol. The summed E-state index contributed by atoms with van der Waals surface area (Å²) >= 11 is 1.30. The molecule has 0 spiro atoms. The first-order valence-corrected chi connectivity index (χ1v) is 24.5. The maximum absolute atomic E-state index is 15.0. The lowest BCUT2D eigenvalue weighted by Gasteiger charge is -2.46. The number of piperazine rings is 1. The number of alkyl halides is 4. The van der Waals surface area contributed by atoms with Crippen LogP contribution in [0.15, 0.2) is 124 Å². The van der Waals surface area contributed by atoms with Crippen LogP contribution in [0, 0.1) is 0 Å². The van der Waals surface area contributed by atoms with E-state index in [1.54, 1.807) is 17.0 Å². The number of nitrogens with two attached hydrogens (primary N) is 1. The van der Waals surface area contributed by atoms with Gasteiger partial charge in [0.15, 0.2) is 0 Å². The number of nitrogens with zero attached hydrogens (tertiary/aromatic N) is 2. The number of nitrogens with one attached hydrogen (secondary N) is 1. The standard InChI is InChI=1S/C40H48F4N4O6S3Si/c1-39(2,3)58(34-15-9-5-10-16-34,35-17-11-6-12-18-35)54-31(27-41)28-47-21-23-48(24-22-47)38(49)25-30(29-55-32-13-7-4-8-14-32)46-36-20-19-33(57(45,52)53)26-37(36)56(50,51)40(42,43)44/h4-20,26,30-31,46H,21-25,27-29H2,1-3H3,(H2,45,52,53)/t30-,31-/m1/s1. The number of halogens is 4. The van der Waals surface area contributed by atoms with Crippen molar-refractivity contribution in [3.05, 3.63) is 109 Å². The molecular formula is C40H48F4N4O6S3Si. The minimum absolute atomic E-state index is 0.135. The van der Waals surface area contributed by atoms with E-state index in [9.17, 15) is 39.2 Å². The molecule has 4 aromatic carbocycles. The van der Waals surface area contributed by atoms with E-state index in [4.69, 9.17) is 9.56 Å². The van der Waals surface area contributed by atoms with Gasteiger partial charge < -0.3 is 14.6 Å². The minimum atomic E-state index is -6.05. The fraction of sp³-hybridized carbons (Fsp3) is 0.375. The van der Waals surface area contributed by atoms with Crippen LogP contribution >= 0.6 is 11.8 Å². The van der Waals surface area contributed by atoms with Gasteiger partial charge in [-0.05, 0) is 45.7 Å². The van der Waals surface area contributed by atoms with Gasteiger partial charge in [-0.1, -0.05) is 99.6 Å². The molecule has 1 aliphatic heterocycles. The van der Waals surface area contributed by atoms with Gasteiger partial charge in [0.1, 0.15) is 11.6 Å². The zero-order valence-electron chi connectivity index (χ0n) is 32.4. The van der Waals surface area contributed by atoms with Crippen molar-refractivity contribution in [3.8, 4) is 0 Å². The number of thioether (sulfide) groups is 1. The number of benzene rings is 4. The Morgan fingerprint density at radius 3 is 1.86 bits per heavy atom. The molecule has 0 unspecified atom stereocenters. The summed E-state index contributed by atoms with van der Waals surface area (Å²) in [5.74, 6) is -0.201. The number of hydrogen-bond donors (Lipinski definition) is 2. The predicted octanol–water partition coefficient (Wildman–Crippen LogP) is 5.65. The molecule has 0 aliphatic carbocycles. The topological polar surface area (TPSA) is 139 Å². The first-order valence-electron chi connectivity index (χ1n) is 18.5. The Bertz CT molecular complexity index is 2170. The van der Waals surface area contributed by atoms with Crippen molar-refractivity contribution in [2.24, 2.45) is 5.14 Å². The highest BCUT2D eigenvalue weighted by atomic mass is 32.2. The van der Waals surface area contributed by atoms with Gasteiger partial charge in [0.05, 0.1) is 16.7 Å². The Hall–Kier alpha value is -3.78. The van der Waals surface area contributed by atoms with E-state index in [2.05, 4.69) is 26.1 Å². The summed E-state index contributed by atoms with van der Waals surface area (Å²) in [6.45, 7) is 7.31. The molecule has 0 aromatic heterocycles. The smallest absolute Gasteiger partial charge is 0.400 e. The molecule has 0 saturated carbocycles. The van der Waals surface area contributed by atoms with Gasteiger partial charge in [0.2, 0.25) is 15.9 Å². The number of anilines is 1. The van der Waals surface area contributed by atoms with E-state index in [0.717, 1.165) is 27.4 Å². The first-order chi connectivity index (χ1) is 27.3. The van der Waals surface area contributed by atoms with Crippen LogP contribution in [0.25, 0.3) is 0 Å². The van der Waals surface area contributed by atoms with Crippen molar-refractivity contribution >= 4 is 61.9 Å². The highest BCUT2D eigenvalue weighted by molar-refractivity contribution is 7.99. The van der Waals surface area contributed by atoms with Crippen LogP contribution in [0.3, 0.4) is 0 Å². The Morgan fingerprint density at radius 1 is 0.845 bits per heavy atom. The van der Waals surface area contributed by atoms with E-state index in [1.807, 2.05) is 83.8 Å². The molecule has 18 heteroatoms. The molecule has 1 fully saturated rings. The molecule has 4 aromatic rings. The predicted molar refractivity (Wildman–Crippen MR) is 222 cm³/mol. The van der Waals surface area contributed by atoms with E-state index in [0.29, 0.717) is 19.2 Å². The lowest BCUT2D eigenvalue weighted by Crippen LogP contribution is -2.68. The number of sulfone groups is 1. The van der Waals surface area contributed by atoms with Crippen LogP contribution in [-0.2, 0) is 29.1 Å². The normalized spacial score (nSPS) is 15.8. The fourth-order valence-corrected chi connectivity index (χ4v) is 14.3. The van der Waals surface area contributed by atoms with E-state index in [-0.39, 0.29) is 42.8 Å². The third kappa shape index (κ3) is 10.7. The Balaban J connectivity index is 1.32. The van der Waals surface area contributed by atoms with Crippen LogP contribution in [0.1, 0.15) is 27.2 Å². The van der Waals surface area contributed by atoms with Crippen molar-refractivity contribution in [2.45, 2.75) is 64.6 Å². The van der Waals surface area contributed by atoms with E-state index >= 15 is 0 Å². The molecule has 1 aliphatic rings. The summed E-state index contributed by atoms with van der Waals surface area (Å²) in [5, 5.41) is 9.61. The maximum Gasteiger partial charge on any atom is 0.501 e. The van der Waals surface area contributed by atoms with Gasteiger partial charge in [-0.15, -0.1) is 11.8 Å². The van der Waals surface area contributed by atoms with Crippen LogP contribution in [-0.4, -0.2) is 104 Å². The molecule has 0 radical (unpaired) electrons. The molecule has 1 saturated heterocycles. The number of rotatable bonds is 16. The lowest BCUT2D eigenvalue weighted by molar-refractivity contribution is -0.133. The van der Waals surface area contributed by atoms with Gasteiger partial charge in [-0.3, -0.25) is 9.69 Å². The molecule has 1 amide bonds. The third-order valence-electron chi connectivity index (χ3n) is 9.97. The van der Waals surface area contributed by atoms with Gasteiger partial charge in [0.25, 0.3) is 18.2 Å². The number of amides is 1. The minimum Gasteiger partial charge on any atom is -0.400 e. The first kappa shape index (κ1) is 45.3. The molecule has 5 rings (SSSR count). The van der Waals surface area contributed by atoms with Gasteiger partial charge in [-0.25, -0.2) is 26.4 Å². The molecule has 314 valence electrons. The highest BCUT2D eigenvalue weighted by Gasteiger charge is 2.52. The number of carbonyl (C=O) groups is 1. The molecule has 3 N–H and O–H groups in total. The maximum atomic E-state index is 15.0. The molecule has 0 bridgehead atoms. The quantitative estimate of drug-likeness (QED) is 0.0831. The summed E-state index contributed by atoms with van der Waals surface area (Å²) in [6, 6.07) is 30.2. The molecule has 2 atom stereocenters. The van der Waals surface area contributed by atoms with Crippen LogP contribution in [0.4, 0.5) is 23.2 Å². The monoisotopic (exact) mass is 880 g/mol. The number of carbonyl (C=O) groups excluding carboxylic acids is 1. The Labute approximate surface area is 343 Å². The van der Waals surface area contributed by atoms with Gasteiger partial charge in [0, 0.05) is 55.8 Å². The van der Waals surface area contributed by atoms with Crippen LogP contribution < -0.4 is 20.8 Å². The Morgan fingerprint density at radius 2 is 1.38 bits per heavy atom. The lowest BCUT2D eigenvalue weighted by atomic mass is 10.1. The van der Waals surface area contributed by atoms with Crippen molar-refractivity contribution < 1.29 is 43.6 Å². The number of hydrogen-bond acceptors (Lipinski definition) is 9. The number of sulfonamides is 1. The second-order valence-electron chi connectivity index (χ2n) is 15.1. The van der Waals surface area contributed by atoms with E-state index < -0.39 is 68.0 Å². The van der Waals surface area contributed by atoms with Crippen LogP contribution in [0.5, 0.6) is 0 Å². The summed E-state index contributed by atoms with van der Waals surface area (Å²) in [4.78, 5) is 16.1. The second kappa shape index (κ2) is 18.6. The van der Waals surface area contributed by atoms with Gasteiger partial charge in [-0.2, -0.15) is 13.2 Å². The summed E-state index contributed by atoms with van der Waals surface area (Å²) in [6.07, 6.45) is -0.994. The molecule has 58 heavy (non-hydrogen) atoms. The van der Waals surface area contributed by atoms with Crippen molar-refractivity contribution in [2.75, 3.05) is 50.5 Å². The van der Waals surface area contributed by atoms with E-state index in [1.165, 1.54) is 11.8 Å². The summed E-state index contributed by atoms with van der Waals surface area (Å²) in [7, 11) is -13.7. The largest absolute Gasteiger partial charge is 0.501 e. The molecule has 1 heterocycles. The van der Waals surface area contributed by atoms with Crippen molar-refractivity contribution in [1.82, 2.24) is 9.80 Å². The molecular weight excluding hydrogens is 833 g/mol. The number of primary sulfonamides is 1. The van der Waals surface area contributed by atoms with Gasteiger partial charge >= 0.3 is 5.51 Å². The third-order valence-corrected chi connectivity index (χ3v) is 18.7. The SMILES string of the molecule is CC(C)(C)[Si](O[C@H](CF)CN1CCN(C(=O)C[C@H](CSc2ccccc2)Nc2ccc(S(N)(=O)=O)cc2S(=O)(=O)C(F)(F)F)CC1)(c1ccccc1)c1ccccc1. The average Bonchev–Trinajstić information content (AvgIpc) is 3.18. The zero-order chi connectivity index (χ0) is 42.4. The second-order valence-corrected chi connectivity index (χ2v) is 23.9. The van der Waals surface area contributed by atoms with Crippen LogP contribution in [0.2, 0.25) is 5.04 Å². The Kier molecular flexibility index (Phi) is 14.6. The fourth-order valence-electron chi connectivity index (χ4n) is 7.10. The summed E-state index contributed by atoms with van der Waals surface area (Å²) < 4.78 is 113. The van der Waals surface area contributed by atoms with Crippen molar-refractivity contribution in [1.29, 1.82) is 0 Å². The molecule has 10 nitrogen and oxygen atoms in total. The summed E-state index contributed by atoms with van der Waals surface area (Å²) in [5.41, 5.74) is -6.28. The highest BCUT2D eigenvalue weighted by Crippen LogP contribution is 2.38.